The smallest absolute Gasteiger partial charge is 0.322 e. The molecule has 1 heterocycles. The van der Waals surface area contributed by atoms with Gasteiger partial charge < -0.3 is 10.6 Å². The van der Waals surface area contributed by atoms with Crippen molar-refractivity contribution in [1.82, 2.24) is 20.7 Å². The number of hydrazine groups is 1. The molecule has 1 atom stereocenters. The number of amides is 5. The minimum Gasteiger partial charge on any atom is -0.322 e. The topological polar surface area (TPSA) is 111 Å². The summed E-state index contributed by atoms with van der Waals surface area (Å²) in [5.41, 5.74) is 0.549. The van der Waals surface area contributed by atoms with Gasteiger partial charge in [0.25, 0.3) is 11.8 Å². The van der Waals surface area contributed by atoms with Crippen LogP contribution >= 0.6 is 0 Å². The molecule has 1 aliphatic rings. The van der Waals surface area contributed by atoms with Crippen LogP contribution in [0.25, 0.3) is 0 Å². The third kappa shape index (κ3) is 5.51. The van der Waals surface area contributed by atoms with Gasteiger partial charge in [-0.2, -0.15) is 5.01 Å². The first-order valence-corrected chi connectivity index (χ1v) is 9.64. The summed E-state index contributed by atoms with van der Waals surface area (Å²) in [5, 5.41) is 5.20. The quantitative estimate of drug-likeness (QED) is 0.396. The number of anilines is 1. The van der Waals surface area contributed by atoms with Crippen molar-refractivity contribution in [3.05, 3.63) is 29.6 Å². The normalized spacial score (nSPS) is 18.4. The first-order chi connectivity index (χ1) is 14.5. The van der Waals surface area contributed by atoms with E-state index in [1.807, 2.05) is 0 Å². The molecule has 1 aromatic rings. The highest BCUT2D eigenvalue weighted by atomic mass is 19.2. The highest BCUT2D eigenvalue weighted by Gasteiger charge is 2.47. The van der Waals surface area contributed by atoms with Crippen LogP contribution in [-0.2, 0) is 14.4 Å². The molecule has 2 rings (SSSR count). The number of hydrogen-bond donors (Lipinski definition) is 3. The van der Waals surface area contributed by atoms with E-state index in [0.29, 0.717) is 23.9 Å². The Morgan fingerprint density at radius 1 is 1.10 bits per heavy atom. The average Bonchev–Trinajstić information content (AvgIpc) is 2.92. The largest absolute Gasteiger partial charge is 0.344 e. The molecule has 170 valence electrons. The molecular weight excluding hydrogens is 419 g/mol. The van der Waals surface area contributed by atoms with Gasteiger partial charge >= 0.3 is 6.03 Å². The van der Waals surface area contributed by atoms with Crippen LogP contribution < -0.4 is 16.1 Å². The van der Waals surface area contributed by atoms with Crippen LogP contribution in [-0.4, -0.2) is 58.8 Å². The molecule has 31 heavy (non-hydrogen) atoms. The fourth-order valence-corrected chi connectivity index (χ4v) is 2.93. The van der Waals surface area contributed by atoms with Gasteiger partial charge in [-0.15, -0.1) is 0 Å². The van der Waals surface area contributed by atoms with Crippen molar-refractivity contribution in [3.63, 3.8) is 0 Å². The SMILES string of the molecule is CCCN(CC(=O)Nc1ccc(F)c(F)c1F)CC(=O)NN1C(=O)NC(C)(CC)C1=O. The summed E-state index contributed by atoms with van der Waals surface area (Å²) in [4.78, 5) is 50.3. The summed E-state index contributed by atoms with van der Waals surface area (Å²) < 4.78 is 40.0. The van der Waals surface area contributed by atoms with Crippen LogP contribution in [0.2, 0.25) is 0 Å². The summed E-state index contributed by atoms with van der Waals surface area (Å²) in [7, 11) is 0. The van der Waals surface area contributed by atoms with Gasteiger partial charge in [-0.05, 0) is 38.4 Å². The van der Waals surface area contributed by atoms with Crippen molar-refractivity contribution < 1.29 is 32.3 Å². The van der Waals surface area contributed by atoms with Gasteiger partial charge in [-0.1, -0.05) is 13.8 Å². The van der Waals surface area contributed by atoms with Gasteiger partial charge in [0, 0.05) is 0 Å². The van der Waals surface area contributed by atoms with Crippen LogP contribution in [0.5, 0.6) is 0 Å². The molecule has 0 aromatic heterocycles. The molecule has 12 heteroatoms. The van der Waals surface area contributed by atoms with Gasteiger partial charge in [0.1, 0.15) is 5.54 Å². The number of halogens is 3. The van der Waals surface area contributed by atoms with E-state index in [1.54, 1.807) is 13.8 Å². The number of urea groups is 1. The van der Waals surface area contributed by atoms with E-state index in [0.717, 1.165) is 6.07 Å². The summed E-state index contributed by atoms with van der Waals surface area (Å²) in [6.07, 6.45) is 0.879. The van der Waals surface area contributed by atoms with E-state index < -0.39 is 52.4 Å². The van der Waals surface area contributed by atoms with Crippen molar-refractivity contribution in [2.75, 3.05) is 25.0 Å². The minimum atomic E-state index is -1.71. The molecular formula is C19H24F3N5O4. The lowest BCUT2D eigenvalue weighted by Crippen LogP contribution is -2.51. The third-order valence-electron chi connectivity index (χ3n) is 4.79. The number of rotatable bonds is 9. The standard InChI is InChI=1S/C19H24F3N5O4/c1-4-8-26(9-13(28)23-12-7-6-11(20)15(21)16(12)22)10-14(29)25-27-17(30)19(3,5-2)24-18(27)31/h6-7H,4-5,8-10H2,1-3H3,(H,23,28)(H,24,31)(H,25,29). The van der Waals surface area contributed by atoms with E-state index in [-0.39, 0.29) is 19.6 Å². The van der Waals surface area contributed by atoms with Gasteiger partial charge in [0.15, 0.2) is 17.5 Å². The molecule has 0 aliphatic carbocycles. The first-order valence-electron chi connectivity index (χ1n) is 9.64. The zero-order valence-corrected chi connectivity index (χ0v) is 17.4. The molecule has 0 bridgehead atoms. The Morgan fingerprint density at radius 3 is 2.32 bits per heavy atom. The fourth-order valence-electron chi connectivity index (χ4n) is 2.93. The number of nitrogens with zero attached hydrogens (tertiary/aromatic N) is 2. The van der Waals surface area contributed by atoms with Crippen LogP contribution in [0, 0.1) is 17.5 Å². The summed E-state index contributed by atoms with van der Waals surface area (Å²) in [5.74, 6) is -6.73. The zero-order chi connectivity index (χ0) is 23.3. The second-order valence-electron chi connectivity index (χ2n) is 7.27. The molecule has 0 spiro atoms. The Bertz CT molecular complexity index is 898. The van der Waals surface area contributed by atoms with Gasteiger partial charge in [-0.25, -0.2) is 18.0 Å². The predicted octanol–water partition coefficient (Wildman–Crippen LogP) is 1.51. The van der Waals surface area contributed by atoms with E-state index in [4.69, 9.17) is 0 Å². The molecule has 1 fully saturated rings. The van der Waals surface area contributed by atoms with Crippen molar-refractivity contribution in [1.29, 1.82) is 0 Å². The van der Waals surface area contributed by atoms with Crippen molar-refractivity contribution in [2.45, 2.75) is 39.2 Å². The number of imide groups is 1. The van der Waals surface area contributed by atoms with Gasteiger partial charge in [-0.3, -0.25) is 24.7 Å². The van der Waals surface area contributed by atoms with Crippen molar-refractivity contribution in [2.24, 2.45) is 0 Å². The number of carbonyl (C=O) groups is 4. The maximum absolute atomic E-state index is 13.7. The van der Waals surface area contributed by atoms with Crippen LogP contribution in [0.15, 0.2) is 12.1 Å². The molecule has 1 aromatic carbocycles. The fraction of sp³-hybridized carbons (Fsp3) is 0.474. The number of hydrogen-bond acceptors (Lipinski definition) is 5. The van der Waals surface area contributed by atoms with Crippen LogP contribution in [0.3, 0.4) is 0 Å². The number of carbonyl (C=O) groups excluding carboxylic acids is 4. The first kappa shape index (κ1) is 24.1. The third-order valence-corrected chi connectivity index (χ3v) is 4.79. The molecule has 0 saturated carbocycles. The molecule has 9 nitrogen and oxygen atoms in total. The molecule has 1 aliphatic heterocycles. The number of nitrogens with one attached hydrogen (secondary N) is 3. The highest BCUT2D eigenvalue weighted by Crippen LogP contribution is 2.20. The lowest BCUT2D eigenvalue weighted by Gasteiger charge is -2.23. The second-order valence-corrected chi connectivity index (χ2v) is 7.27. The lowest BCUT2D eigenvalue weighted by atomic mass is 10.00. The van der Waals surface area contributed by atoms with E-state index in [9.17, 15) is 32.3 Å². The second kappa shape index (κ2) is 9.77. The monoisotopic (exact) mass is 443 g/mol. The molecule has 3 N–H and O–H groups in total. The Balaban J connectivity index is 1.99. The van der Waals surface area contributed by atoms with Gasteiger partial charge in [0.05, 0.1) is 18.8 Å². The molecule has 5 amide bonds. The lowest BCUT2D eigenvalue weighted by molar-refractivity contribution is -0.139. The predicted molar refractivity (Wildman–Crippen MR) is 104 cm³/mol. The van der Waals surface area contributed by atoms with Crippen LogP contribution in [0.1, 0.15) is 33.6 Å². The Labute approximate surface area is 176 Å². The summed E-state index contributed by atoms with van der Waals surface area (Å²) in [6.45, 7) is 4.61. The molecule has 1 saturated heterocycles. The van der Waals surface area contributed by atoms with Crippen LogP contribution in [0.4, 0.5) is 23.7 Å². The number of benzene rings is 1. The average molecular weight is 443 g/mol. The maximum Gasteiger partial charge on any atom is 0.344 e. The highest BCUT2D eigenvalue weighted by molar-refractivity contribution is 6.07. The van der Waals surface area contributed by atoms with Gasteiger partial charge in [0.2, 0.25) is 5.91 Å². The van der Waals surface area contributed by atoms with Crippen molar-refractivity contribution in [3.8, 4) is 0 Å². The Morgan fingerprint density at radius 2 is 1.74 bits per heavy atom. The summed E-state index contributed by atoms with van der Waals surface area (Å²) in [6, 6.07) is 0.787. The summed E-state index contributed by atoms with van der Waals surface area (Å²) >= 11 is 0. The molecule has 1 unspecified atom stereocenters. The van der Waals surface area contributed by atoms with E-state index in [1.165, 1.54) is 11.8 Å². The zero-order valence-electron chi connectivity index (χ0n) is 17.4. The van der Waals surface area contributed by atoms with E-state index >= 15 is 0 Å². The Kier molecular flexibility index (Phi) is 7.60. The Hall–Kier alpha value is -3.15. The van der Waals surface area contributed by atoms with Crippen molar-refractivity contribution >= 4 is 29.4 Å². The maximum atomic E-state index is 13.7. The molecule has 0 radical (unpaired) electrons. The minimum absolute atomic E-state index is 0.286. The van der Waals surface area contributed by atoms with E-state index in [2.05, 4.69) is 16.1 Å².